The minimum absolute atomic E-state index is 0.222. The van der Waals surface area contributed by atoms with Crippen molar-refractivity contribution in [3.8, 4) is 0 Å². The third kappa shape index (κ3) is 8.07. The quantitative estimate of drug-likeness (QED) is 0.0360. The molecule has 0 atom stereocenters. The fourth-order valence-electron chi connectivity index (χ4n) is 6.80. The van der Waals surface area contributed by atoms with Gasteiger partial charge in [-0.3, -0.25) is 9.59 Å². The molecule has 1 aliphatic carbocycles. The first-order valence-corrected chi connectivity index (χ1v) is 17.8. The van der Waals surface area contributed by atoms with Crippen molar-refractivity contribution in [2.45, 2.75) is 71.8 Å². The summed E-state index contributed by atoms with van der Waals surface area (Å²) in [4.78, 5) is 51.6. The van der Waals surface area contributed by atoms with Crippen molar-refractivity contribution in [2.24, 2.45) is 16.2 Å². The summed E-state index contributed by atoms with van der Waals surface area (Å²) >= 11 is 0. The maximum absolute atomic E-state index is 14.1. The molecular weight excluding hydrogens is 638 g/mol. The molecule has 1 aromatic heterocycles. The molecule has 0 unspecified atom stereocenters. The average Bonchev–Trinajstić information content (AvgIpc) is 3.81. The molecule has 8 heteroatoms. The number of carbonyl (C=O) groups is 3. The second-order valence-electron chi connectivity index (χ2n) is 13.0. The normalized spacial score (nSPS) is 13.8. The van der Waals surface area contributed by atoms with Gasteiger partial charge in [0.2, 0.25) is 11.6 Å². The first-order valence-electron chi connectivity index (χ1n) is 17.8. The third-order valence-corrected chi connectivity index (χ3v) is 9.57. The van der Waals surface area contributed by atoms with Crippen LogP contribution in [-0.4, -0.2) is 33.5 Å². The van der Waals surface area contributed by atoms with E-state index < -0.39 is 5.97 Å². The van der Waals surface area contributed by atoms with Gasteiger partial charge in [-0.2, -0.15) is 0 Å². The van der Waals surface area contributed by atoms with E-state index in [1.807, 2.05) is 79.7 Å². The lowest BCUT2D eigenvalue weighted by Gasteiger charge is -2.10. The summed E-state index contributed by atoms with van der Waals surface area (Å²) in [6, 6.07) is 29.3. The zero-order valence-corrected chi connectivity index (χ0v) is 29.3. The third-order valence-electron chi connectivity index (χ3n) is 9.57. The lowest BCUT2D eigenvalue weighted by atomic mass is 9.95. The minimum Gasteiger partial charge on any atom is -0.357 e. The fourth-order valence-corrected chi connectivity index (χ4v) is 6.80. The maximum atomic E-state index is 14.1. The number of rotatable bonds is 15. The van der Waals surface area contributed by atoms with Crippen LogP contribution in [0.3, 0.4) is 0 Å². The van der Waals surface area contributed by atoms with Gasteiger partial charge in [-0.25, -0.2) is 4.79 Å². The van der Waals surface area contributed by atoms with Gasteiger partial charge in [0.1, 0.15) is 11.4 Å². The summed E-state index contributed by atoms with van der Waals surface area (Å²) in [5.74, 6) is -0.259. The van der Waals surface area contributed by atoms with Crippen molar-refractivity contribution in [2.75, 3.05) is 0 Å². The molecule has 6 rings (SSSR count). The lowest BCUT2D eigenvalue weighted by molar-refractivity contribution is 0.0514. The molecule has 0 N–H and O–H groups in total. The van der Waals surface area contributed by atoms with Crippen molar-refractivity contribution < 1.29 is 24.1 Å². The topological polar surface area (TPSA) is 99.3 Å². The smallest absolute Gasteiger partial charge is 0.357 e. The predicted octanol–water partition coefficient (Wildman–Crippen LogP) is 10.2. The van der Waals surface area contributed by atoms with Gasteiger partial charge >= 0.3 is 5.97 Å². The molecule has 1 aliphatic rings. The van der Waals surface area contributed by atoms with E-state index in [2.05, 4.69) is 28.4 Å². The van der Waals surface area contributed by atoms with E-state index in [4.69, 9.17) is 9.68 Å². The molecule has 4 aromatic carbocycles. The highest BCUT2D eigenvalue weighted by atomic mass is 16.7. The van der Waals surface area contributed by atoms with E-state index in [1.165, 1.54) is 12.8 Å². The van der Waals surface area contributed by atoms with Gasteiger partial charge in [-0.05, 0) is 80.1 Å². The van der Waals surface area contributed by atoms with Gasteiger partial charge in [0, 0.05) is 45.0 Å². The monoisotopic (exact) mass is 681 g/mol. The van der Waals surface area contributed by atoms with E-state index in [1.54, 1.807) is 24.3 Å². The summed E-state index contributed by atoms with van der Waals surface area (Å²) in [5.41, 5.74) is 4.47. The van der Waals surface area contributed by atoms with Gasteiger partial charge in [0.25, 0.3) is 0 Å². The van der Waals surface area contributed by atoms with Crippen LogP contribution in [-0.2, 0) is 16.2 Å². The lowest BCUT2D eigenvalue weighted by Crippen LogP contribution is -2.17. The molecule has 8 nitrogen and oxygen atoms in total. The number of aromatic nitrogens is 1. The highest BCUT2D eigenvalue weighted by molar-refractivity contribution is 6.47. The molecule has 0 bridgehead atoms. The van der Waals surface area contributed by atoms with Gasteiger partial charge in [0.05, 0.1) is 5.56 Å². The van der Waals surface area contributed by atoms with Crippen LogP contribution in [0.4, 0.5) is 0 Å². The molecule has 5 aromatic rings. The van der Waals surface area contributed by atoms with Crippen molar-refractivity contribution in [3.05, 3.63) is 126 Å². The van der Waals surface area contributed by atoms with Crippen molar-refractivity contribution in [1.29, 1.82) is 0 Å². The largest absolute Gasteiger partial charge is 0.365 e. The van der Waals surface area contributed by atoms with Gasteiger partial charge < -0.3 is 14.2 Å². The van der Waals surface area contributed by atoms with Gasteiger partial charge in [-0.1, -0.05) is 105 Å². The van der Waals surface area contributed by atoms with Crippen LogP contribution in [0.15, 0.2) is 114 Å². The maximum Gasteiger partial charge on any atom is 0.365 e. The van der Waals surface area contributed by atoms with E-state index in [-0.39, 0.29) is 23.0 Å². The van der Waals surface area contributed by atoms with Crippen molar-refractivity contribution in [1.82, 2.24) is 4.57 Å². The number of carbonyl (C=O) groups excluding carboxylic acids is 3. The minimum atomic E-state index is -0.609. The highest BCUT2D eigenvalue weighted by Gasteiger charge is 2.23. The van der Waals surface area contributed by atoms with Crippen molar-refractivity contribution in [3.63, 3.8) is 0 Å². The zero-order chi connectivity index (χ0) is 35.7. The Morgan fingerprint density at radius 1 is 0.706 bits per heavy atom. The Labute approximate surface area is 298 Å². The molecule has 0 amide bonds. The zero-order valence-electron chi connectivity index (χ0n) is 29.3. The molecule has 1 fully saturated rings. The molecule has 0 aliphatic heterocycles. The number of aryl methyl sites for hydroxylation is 1. The number of fused-ring (bicyclic) bond motifs is 3. The first kappa shape index (κ1) is 35.2. The summed E-state index contributed by atoms with van der Waals surface area (Å²) in [6.07, 6.45) is 7.14. The number of oxime groups is 2. The Hall–Kier alpha value is -5.63. The Morgan fingerprint density at radius 3 is 1.82 bits per heavy atom. The van der Waals surface area contributed by atoms with E-state index >= 15 is 0 Å². The number of nitrogens with zero attached hydrogens (tertiary/aromatic N) is 3. The number of hydrogen-bond acceptors (Lipinski definition) is 7. The Balaban J connectivity index is 1.33. The summed E-state index contributed by atoms with van der Waals surface area (Å²) in [7, 11) is 0. The van der Waals surface area contributed by atoms with Crippen LogP contribution < -0.4 is 0 Å². The molecule has 1 saturated carbocycles. The SMILES string of the molecule is C=C(O/N=C(\CC)C(=O)c1ccc2c(c1)c1cc(C(=O)/C(CCC3CCCC3)=N/OC(=O)c3ccccc3)ccc1n2CCC)c1ccccc1. The molecular formula is C43H43N3O5. The van der Waals surface area contributed by atoms with Gasteiger partial charge in [0.15, 0.2) is 5.76 Å². The fraction of sp³-hybridized carbons (Fsp3) is 0.279. The summed E-state index contributed by atoms with van der Waals surface area (Å²) in [5, 5.41) is 10.1. The van der Waals surface area contributed by atoms with E-state index in [0.717, 1.165) is 59.6 Å². The number of benzene rings is 4. The number of ketones is 2. The summed E-state index contributed by atoms with van der Waals surface area (Å²) in [6.45, 7) is 8.69. The molecule has 0 radical (unpaired) electrons. The second-order valence-corrected chi connectivity index (χ2v) is 13.0. The standard InChI is InChI=1S/C43H43N3O5/c1-4-26-46-39-24-21-33(41(47)37(5-2)44-50-29(3)31-16-8-6-9-17-31)27-35(39)36-28-34(22-25-40(36)46)42(48)38(23-20-30-14-12-13-15-30)45-51-43(49)32-18-10-7-11-19-32/h6-11,16-19,21-22,24-25,27-28,30H,3-5,12-15,20,23,26H2,1-2H3/b44-37+,45-38+. The Bertz CT molecular complexity index is 2120. The second kappa shape index (κ2) is 16.4. The Kier molecular flexibility index (Phi) is 11.3. The number of hydrogen-bond donors (Lipinski definition) is 0. The van der Waals surface area contributed by atoms with Crippen LogP contribution >= 0.6 is 0 Å². The predicted molar refractivity (Wildman–Crippen MR) is 203 cm³/mol. The molecule has 0 spiro atoms. The summed E-state index contributed by atoms with van der Waals surface area (Å²) < 4.78 is 2.21. The van der Waals surface area contributed by atoms with E-state index in [9.17, 15) is 14.4 Å². The Morgan fingerprint density at radius 2 is 1.25 bits per heavy atom. The van der Waals surface area contributed by atoms with Gasteiger partial charge in [-0.15, -0.1) is 0 Å². The highest BCUT2D eigenvalue weighted by Crippen LogP contribution is 2.33. The van der Waals surface area contributed by atoms with Crippen LogP contribution in [0.25, 0.3) is 27.6 Å². The first-order chi connectivity index (χ1) is 24.9. The van der Waals surface area contributed by atoms with Crippen molar-refractivity contribution >= 4 is 56.5 Å². The molecule has 0 saturated heterocycles. The number of Topliss-reactive ketones (excluding diaryl/α,β-unsaturated/α-hetero) is 2. The molecule has 51 heavy (non-hydrogen) atoms. The van der Waals surface area contributed by atoms with Crippen LogP contribution in [0.5, 0.6) is 0 Å². The van der Waals surface area contributed by atoms with Crippen LogP contribution in [0.1, 0.15) is 102 Å². The average molecular weight is 682 g/mol. The van der Waals surface area contributed by atoms with Crippen LogP contribution in [0, 0.1) is 5.92 Å². The molecule has 1 heterocycles. The van der Waals surface area contributed by atoms with E-state index in [0.29, 0.717) is 41.2 Å². The molecule has 260 valence electrons. The van der Waals surface area contributed by atoms with Crippen LogP contribution in [0.2, 0.25) is 0 Å².